The van der Waals surface area contributed by atoms with Gasteiger partial charge >= 0.3 is 5.97 Å². The van der Waals surface area contributed by atoms with Crippen molar-refractivity contribution < 1.29 is 39.1 Å². The first-order chi connectivity index (χ1) is 16.7. The van der Waals surface area contributed by atoms with Crippen molar-refractivity contribution in [3.05, 3.63) is 23.8 Å². The molecule has 0 radical (unpaired) electrons. The van der Waals surface area contributed by atoms with Gasteiger partial charge in [0.1, 0.15) is 17.8 Å². The second-order valence-electron chi connectivity index (χ2n) is 13.4. The molecule has 1 spiro atoms. The first-order valence-electron chi connectivity index (χ1n) is 13.4. The van der Waals surface area contributed by atoms with Crippen LogP contribution in [0.2, 0.25) is 0 Å². The van der Waals surface area contributed by atoms with E-state index in [-0.39, 0.29) is 30.0 Å². The number of carbonyl (C=O) groups excluding carboxylic acids is 2. The van der Waals surface area contributed by atoms with E-state index < -0.39 is 57.7 Å². The number of allylic oxidation sites excluding steroid dienone is 3. The zero-order chi connectivity index (χ0) is 25.7. The van der Waals surface area contributed by atoms with Crippen molar-refractivity contribution in [3.8, 4) is 0 Å². The SMILES string of the molecule is C[C@]12C(=O)C=CC=C1[C@H](O)[C@H]1O[C@]3([C@@H]4C[C@]5(C)C(=O)O[C@H]4C[C@@]5(C)O)CC[C@@]4(O3)[C@H]1[C@@H]2CC[C@]4(C)O. The van der Waals surface area contributed by atoms with Gasteiger partial charge in [0.25, 0.3) is 0 Å². The molecule has 4 saturated heterocycles. The van der Waals surface area contributed by atoms with Gasteiger partial charge in [0.2, 0.25) is 0 Å². The van der Waals surface area contributed by atoms with Crippen LogP contribution in [0.1, 0.15) is 66.2 Å². The van der Waals surface area contributed by atoms with Crippen LogP contribution in [0.25, 0.3) is 0 Å². The number of ether oxygens (including phenoxy) is 3. The van der Waals surface area contributed by atoms with E-state index in [0.717, 1.165) is 0 Å². The van der Waals surface area contributed by atoms with Crippen LogP contribution in [0.5, 0.6) is 0 Å². The molecule has 12 atom stereocenters. The number of rotatable bonds is 1. The molecule has 4 aliphatic carbocycles. The van der Waals surface area contributed by atoms with Crippen molar-refractivity contribution in [1.82, 2.24) is 0 Å². The third-order valence-corrected chi connectivity index (χ3v) is 11.9. The van der Waals surface area contributed by atoms with Crippen LogP contribution in [0.4, 0.5) is 0 Å². The molecule has 0 amide bonds. The molecule has 8 rings (SSSR count). The summed E-state index contributed by atoms with van der Waals surface area (Å²) in [5, 5.41) is 34.7. The van der Waals surface area contributed by atoms with Gasteiger partial charge in [0, 0.05) is 18.8 Å². The fourth-order valence-corrected chi connectivity index (χ4v) is 9.42. The standard InChI is InChI=1S/C28H36O8/c1-23-12-16(17(34-22(23)31)13-25(23,3)33)28-11-10-27(36-28)19-14(8-9-24(27,2)32)26(4)15(6-5-7-18(26)29)20(30)21(19)35-28/h5-7,14,16-17,19-21,30,32-33H,8-13H2,1-4H3/t14-,16+,17-,19-,20-,21-,23+,24-,25+,26+,27+,28+/m0/s1. The summed E-state index contributed by atoms with van der Waals surface area (Å²) in [7, 11) is 0. The molecule has 4 aliphatic heterocycles. The highest BCUT2D eigenvalue weighted by molar-refractivity contribution is 5.99. The minimum Gasteiger partial charge on any atom is -0.461 e. The molecule has 0 aromatic heterocycles. The summed E-state index contributed by atoms with van der Waals surface area (Å²) in [6.45, 7) is 7.15. The lowest BCUT2D eigenvalue weighted by Gasteiger charge is -2.67. The third-order valence-electron chi connectivity index (χ3n) is 11.9. The minimum absolute atomic E-state index is 0.0271. The fourth-order valence-electron chi connectivity index (χ4n) is 9.42. The van der Waals surface area contributed by atoms with Gasteiger partial charge in [-0.2, -0.15) is 0 Å². The van der Waals surface area contributed by atoms with E-state index >= 15 is 0 Å². The van der Waals surface area contributed by atoms with E-state index in [4.69, 9.17) is 14.2 Å². The number of esters is 1. The maximum atomic E-state index is 13.3. The van der Waals surface area contributed by atoms with Gasteiger partial charge in [-0.05, 0) is 70.9 Å². The molecule has 36 heavy (non-hydrogen) atoms. The smallest absolute Gasteiger partial charge is 0.315 e. The summed E-state index contributed by atoms with van der Waals surface area (Å²) in [6.07, 6.45) is 5.56. The molecule has 3 saturated carbocycles. The Labute approximate surface area is 210 Å². The highest BCUT2D eigenvalue weighted by atomic mass is 16.7. The van der Waals surface area contributed by atoms with Gasteiger partial charge in [0.15, 0.2) is 11.6 Å². The number of hydrogen-bond acceptors (Lipinski definition) is 8. The molecule has 4 heterocycles. The molecular formula is C28H36O8. The Morgan fingerprint density at radius 2 is 1.72 bits per heavy atom. The molecule has 0 unspecified atom stereocenters. The number of aliphatic hydroxyl groups excluding tert-OH is 1. The first-order valence-corrected chi connectivity index (χ1v) is 13.4. The van der Waals surface area contributed by atoms with Gasteiger partial charge in [-0.1, -0.05) is 12.2 Å². The summed E-state index contributed by atoms with van der Waals surface area (Å²) in [6, 6.07) is 0. The summed E-state index contributed by atoms with van der Waals surface area (Å²) in [4.78, 5) is 26.1. The Morgan fingerprint density at radius 1 is 0.972 bits per heavy atom. The van der Waals surface area contributed by atoms with Gasteiger partial charge in [0.05, 0.1) is 34.1 Å². The number of ketones is 1. The van der Waals surface area contributed by atoms with E-state index in [1.165, 1.54) is 0 Å². The molecule has 8 nitrogen and oxygen atoms in total. The summed E-state index contributed by atoms with van der Waals surface area (Å²) in [5.41, 5.74) is -4.70. The predicted octanol–water partition coefficient (Wildman–Crippen LogP) is 1.95. The van der Waals surface area contributed by atoms with E-state index in [9.17, 15) is 24.9 Å². The lowest BCUT2D eigenvalue weighted by Crippen LogP contribution is -2.77. The second kappa shape index (κ2) is 6.52. The lowest BCUT2D eigenvalue weighted by molar-refractivity contribution is -0.423. The van der Waals surface area contributed by atoms with Crippen molar-refractivity contribution in [1.29, 1.82) is 0 Å². The topological polar surface area (TPSA) is 123 Å². The maximum absolute atomic E-state index is 13.3. The van der Waals surface area contributed by atoms with Crippen molar-refractivity contribution in [2.45, 2.75) is 107 Å². The second-order valence-corrected chi connectivity index (χ2v) is 13.4. The zero-order valence-electron chi connectivity index (χ0n) is 21.3. The van der Waals surface area contributed by atoms with Crippen LogP contribution in [0, 0.1) is 28.6 Å². The zero-order valence-corrected chi connectivity index (χ0v) is 21.3. The number of fused-ring (bicyclic) bond motifs is 7. The average Bonchev–Trinajstić information content (AvgIpc) is 3.11. The Kier molecular flexibility index (Phi) is 4.26. The highest BCUT2D eigenvalue weighted by Crippen LogP contribution is 2.70. The Balaban J connectivity index is 1.36. The van der Waals surface area contributed by atoms with Crippen molar-refractivity contribution in [2.75, 3.05) is 0 Å². The van der Waals surface area contributed by atoms with E-state index in [1.54, 1.807) is 26.0 Å². The fraction of sp³-hybridized carbons (Fsp3) is 0.786. The van der Waals surface area contributed by atoms with Gasteiger partial charge < -0.3 is 29.5 Å². The van der Waals surface area contributed by atoms with Crippen LogP contribution in [0.3, 0.4) is 0 Å². The molecule has 0 aromatic rings. The predicted molar refractivity (Wildman–Crippen MR) is 125 cm³/mol. The van der Waals surface area contributed by atoms with Crippen LogP contribution < -0.4 is 0 Å². The molecule has 8 aliphatic rings. The molecule has 3 N–H and O–H groups in total. The average molecular weight is 501 g/mol. The first kappa shape index (κ1) is 23.5. The van der Waals surface area contributed by atoms with Crippen LogP contribution in [0.15, 0.2) is 23.8 Å². The summed E-state index contributed by atoms with van der Waals surface area (Å²) >= 11 is 0. The highest BCUT2D eigenvalue weighted by Gasteiger charge is 2.79. The Hall–Kier alpha value is -1.58. The number of hydrogen-bond donors (Lipinski definition) is 3. The molecule has 8 heteroatoms. The Bertz CT molecular complexity index is 1140. The lowest BCUT2D eigenvalue weighted by atomic mass is 9.46. The van der Waals surface area contributed by atoms with Crippen LogP contribution >= 0.6 is 0 Å². The van der Waals surface area contributed by atoms with Crippen molar-refractivity contribution in [2.24, 2.45) is 28.6 Å². The normalized spacial score (nSPS) is 60.8. The minimum atomic E-state index is -1.21. The van der Waals surface area contributed by atoms with Gasteiger partial charge in [-0.25, -0.2) is 0 Å². The number of carbonyl (C=O) groups is 2. The van der Waals surface area contributed by atoms with Gasteiger partial charge in [-0.15, -0.1) is 0 Å². The molecule has 0 aromatic carbocycles. The van der Waals surface area contributed by atoms with E-state index in [1.807, 2.05) is 19.9 Å². The molecule has 7 fully saturated rings. The molecular weight excluding hydrogens is 464 g/mol. The van der Waals surface area contributed by atoms with Crippen LogP contribution in [-0.2, 0) is 23.8 Å². The quantitative estimate of drug-likeness (QED) is 0.467. The third kappa shape index (κ3) is 2.36. The molecule has 4 bridgehead atoms. The number of aliphatic hydroxyl groups is 3. The maximum Gasteiger partial charge on any atom is 0.315 e. The van der Waals surface area contributed by atoms with Crippen LogP contribution in [-0.4, -0.2) is 68.0 Å². The summed E-state index contributed by atoms with van der Waals surface area (Å²) in [5.74, 6) is -2.47. The Morgan fingerprint density at radius 3 is 2.44 bits per heavy atom. The van der Waals surface area contributed by atoms with Gasteiger partial charge in [-0.3, -0.25) is 9.59 Å². The van der Waals surface area contributed by atoms with Crippen molar-refractivity contribution >= 4 is 11.8 Å². The summed E-state index contributed by atoms with van der Waals surface area (Å²) < 4.78 is 19.6. The molecule has 196 valence electrons. The van der Waals surface area contributed by atoms with E-state index in [0.29, 0.717) is 37.7 Å². The van der Waals surface area contributed by atoms with Crippen molar-refractivity contribution in [3.63, 3.8) is 0 Å². The largest absolute Gasteiger partial charge is 0.461 e. The monoisotopic (exact) mass is 500 g/mol. The van der Waals surface area contributed by atoms with E-state index in [2.05, 4.69) is 0 Å².